The molecule has 1 fully saturated rings. The summed E-state index contributed by atoms with van der Waals surface area (Å²) in [7, 11) is 0. The quantitative estimate of drug-likeness (QED) is 0.888. The average Bonchev–Trinajstić information content (AvgIpc) is 2.87. The lowest BCUT2D eigenvalue weighted by Crippen LogP contribution is -2.36. The van der Waals surface area contributed by atoms with Gasteiger partial charge in [0.25, 0.3) is 0 Å². The summed E-state index contributed by atoms with van der Waals surface area (Å²) >= 11 is 0. The SMILES string of the molecule is CC(C)(C)CC(=O)NCC1(c2ccc(F)cc2F)CC1(C)C. The van der Waals surface area contributed by atoms with E-state index in [-0.39, 0.29) is 16.7 Å². The standard InChI is InChI=1S/C18H25F2NO/c1-16(2,3)9-15(22)21-11-18(10-17(18,4)5)13-7-6-12(19)8-14(13)20/h6-8H,9-11H2,1-5H3,(H,21,22). The number of benzene rings is 1. The smallest absolute Gasteiger partial charge is 0.220 e. The minimum Gasteiger partial charge on any atom is -0.355 e. The van der Waals surface area contributed by atoms with Crippen LogP contribution in [-0.4, -0.2) is 12.5 Å². The molecule has 1 aromatic rings. The first kappa shape index (κ1) is 16.9. The molecule has 0 radical (unpaired) electrons. The molecule has 0 aromatic heterocycles. The molecule has 22 heavy (non-hydrogen) atoms. The summed E-state index contributed by atoms with van der Waals surface area (Å²) in [5, 5.41) is 2.94. The molecular weight excluding hydrogens is 284 g/mol. The number of hydrogen-bond donors (Lipinski definition) is 1. The first-order valence-corrected chi connectivity index (χ1v) is 7.69. The largest absolute Gasteiger partial charge is 0.355 e. The highest BCUT2D eigenvalue weighted by Gasteiger charge is 2.62. The topological polar surface area (TPSA) is 29.1 Å². The van der Waals surface area contributed by atoms with Crippen molar-refractivity contribution in [2.24, 2.45) is 10.8 Å². The second kappa shape index (κ2) is 5.32. The fraction of sp³-hybridized carbons (Fsp3) is 0.611. The third-order valence-electron chi connectivity index (χ3n) is 4.64. The van der Waals surface area contributed by atoms with Gasteiger partial charge in [-0.1, -0.05) is 40.7 Å². The Kier molecular flexibility index (Phi) is 4.09. The van der Waals surface area contributed by atoms with Gasteiger partial charge >= 0.3 is 0 Å². The zero-order chi connectivity index (χ0) is 16.8. The molecule has 0 saturated heterocycles. The molecule has 1 unspecified atom stereocenters. The maximum atomic E-state index is 14.2. The van der Waals surface area contributed by atoms with Gasteiger partial charge in [-0.2, -0.15) is 0 Å². The third-order valence-corrected chi connectivity index (χ3v) is 4.64. The lowest BCUT2D eigenvalue weighted by Gasteiger charge is -2.24. The van der Waals surface area contributed by atoms with E-state index >= 15 is 0 Å². The Hall–Kier alpha value is -1.45. The van der Waals surface area contributed by atoms with E-state index in [1.165, 1.54) is 12.1 Å². The van der Waals surface area contributed by atoms with Crippen LogP contribution in [0.25, 0.3) is 0 Å². The number of carbonyl (C=O) groups is 1. The Labute approximate surface area is 131 Å². The van der Waals surface area contributed by atoms with Crippen molar-refractivity contribution in [1.29, 1.82) is 0 Å². The lowest BCUT2D eigenvalue weighted by molar-refractivity contribution is -0.122. The van der Waals surface area contributed by atoms with Crippen LogP contribution < -0.4 is 5.32 Å². The van der Waals surface area contributed by atoms with Crippen LogP contribution in [0.1, 0.15) is 53.0 Å². The van der Waals surface area contributed by atoms with Crippen molar-refractivity contribution < 1.29 is 13.6 Å². The number of hydrogen-bond acceptors (Lipinski definition) is 1. The highest BCUT2D eigenvalue weighted by atomic mass is 19.1. The minimum absolute atomic E-state index is 0.0305. The van der Waals surface area contributed by atoms with Gasteiger partial charge in [-0.05, 0) is 28.9 Å². The summed E-state index contributed by atoms with van der Waals surface area (Å²) in [6.07, 6.45) is 1.20. The molecule has 1 N–H and O–H groups in total. The van der Waals surface area contributed by atoms with Gasteiger partial charge in [-0.15, -0.1) is 0 Å². The van der Waals surface area contributed by atoms with Gasteiger partial charge in [0.2, 0.25) is 5.91 Å². The van der Waals surface area contributed by atoms with Crippen LogP contribution >= 0.6 is 0 Å². The van der Waals surface area contributed by atoms with Gasteiger partial charge in [0.05, 0.1) is 0 Å². The van der Waals surface area contributed by atoms with Crippen molar-refractivity contribution in [3.8, 4) is 0 Å². The number of amides is 1. The zero-order valence-electron chi connectivity index (χ0n) is 14.0. The number of carbonyl (C=O) groups excluding carboxylic acids is 1. The number of halogens is 2. The summed E-state index contributed by atoms with van der Waals surface area (Å²) in [6.45, 7) is 10.5. The molecule has 1 saturated carbocycles. The van der Waals surface area contributed by atoms with Crippen molar-refractivity contribution in [3.05, 3.63) is 35.4 Å². The van der Waals surface area contributed by atoms with Crippen LogP contribution in [0.5, 0.6) is 0 Å². The van der Waals surface area contributed by atoms with Crippen LogP contribution in [0, 0.1) is 22.5 Å². The Bertz CT molecular complexity index is 589. The van der Waals surface area contributed by atoms with Crippen molar-refractivity contribution in [2.45, 2.75) is 52.9 Å². The van der Waals surface area contributed by atoms with Gasteiger partial charge in [0.1, 0.15) is 11.6 Å². The van der Waals surface area contributed by atoms with E-state index in [0.717, 1.165) is 12.5 Å². The lowest BCUT2D eigenvalue weighted by atomic mass is 9.86. The predicted molar refractivity (Wildman–Crippen MR) is 83.5 cm³/mol. The van der Waals surface area contributed by atoms with Gasteiger partial charge in [0.15, 0.2) is 0 Å². The Morgan fingerprint density at radius 1 is 1.27 bits per heavy atom. The summed E-state index contributed by atoms with van der Waals surface area (Å²) in [6, 6.07) is 3.71. The van der Waals surface area contributed by atoms with E-state index in [9.17, 15) is 13.6 Å². The van der Waals surface area contributed by atoms with Crippen molar-refractivity contribution in [1.82, 2.24) is 5.32 Å². The molecule has 0 bridgehead atoms. The molecule has 2 nitrogen and oxygen atoms in total. The summed E-state index contributed by atoms with van der Waals surface area (Å²) < 4.78 is 27.3. The monoisotopic (exact) mass is 309 g/mol. The first-order valence-electron chi connectivity index (χ1n) is 7.69. The summed E-state index contributed by atoms with van der Waals surface area (Å²) in [5.74, 6) is -1.14. The number of rotatable bonds is 4. The molecule has 0 spiro atoms. The molecule has 2 rings (SSSR count). The van der Waals surface area contributed by atoms with Crippen LogP contribution in [-0.2, 0) is 10.2 Å². The first-order chi connectivity index (χ1) is 9.97. The molecule has 0 aliphatic heterocycles. The van der Waals surface area contributed by atoms with E-state index in [0.29, 0.717) is 18.5 Å². The molecule has 0 heterocycles. The van der Waals surface area contributed by atoms with Crippen LogP contribution in [0.4, 0.5) is 8.78 Å². The van der Waals surface area contributed by atoms with Crippen molar-refractivity contribution in [3.63, 3.8) is 0 Å². The Balaban J connectivity index is 2.16. The third kappa shape index (κ3) is 3.31. The van der Waals surface area contributed by atoms with E-state index < -0.39 is 17.0 Å². The van der Waals surface area contributed by atoms with Crippen molar-refractivity contribution >= 4 is 5.91 Å². The average molecular weight is 309 g/mol. The second-order valence-electron chi connectivity index (χ2n) is 8.28. The predicted octanol–water partition coefficient (Wildman–Crippen LogP) is 4.18. The summed E-state index contributed by atoms with van der Waals surface area (Å²) in [4.78, 5) is 12.0. The molecule has 1 aromatic carbocycles. The fourth-order valence-electron chi connectivity index (χ4n) is 3.24. The Morgan fingerprint density at radius 2 is 1.86 bits per heavy atom. The maximum absolute atomic E-state index is 14.2. The molecule has 4 heteroatoms. The molecule has 1 aliphatic carbocycles. The second-order valence-corrected chi connectivity index (χ2v) is 8.28. The minimum atomic E-state index is -0.577. The highest BCUT2D eigenvalue weighted by molar-refractivity contribution is 5.76. The van der Waals surface area contributed by atoms with Crippen LogP contribution in [0.3, 0.4) is 0 Å². The van der Waals surface area contributed by atoms with Crippen LogP contribution in [0.2, 0.25) is 0 Å². The molecular formula is C18H25F2NO. The van der Waals surface area contributed by atoms with Crippen LogP contribution in [0.15, 0.2) is 18.2 Å². The highest BCUT2D eigenvalue weighted by Crippen LogP contribution is 2.64. The van der Waals surface area contributed by atoms with Gasteiger partial charge in [-0.25, -0.2) is 8.78 Å². The van der Waals surface area contributed by atoms with E-state index in [2.05, 4.69) is 5.32 Å². The van der Waals surface area contributed by atoms with Gasteiger partial charge < -0.3 is 5.32 Å². The normalized spacial score (nSPS) is 23.2. The maximum Gasteiger partial charge on any atom is 0.220 e. The van der Waals surface area contributed by atoms with E-state index in [4.69, 9.17) is 0 Å². The zero-order valence-corrected chi connectivity index (χ0v) is 14.0. The molecule has 1 amide bonds. The molecule has 122 valence electrons. The molecule has 1 atom stereocenters. The number of nitrogens with one attached hydrogen (secondary N) is 1. The van der Waals surface area contributed by atoms with Gasteiger partial charge in [0, 0.05) is 24.4 Å². The Morgan fingerprint density at radius 3 is 2.32 bits per heavy atom. The fourth-order valence-corrected chi connectivity index (χ4v) is 3.24. The van der Waals surface area contributed by atoms with E-state index in [1.54, 1.807) is 0 Å². The van der Waals surface area contributed by atoms with Crippen molar-refractivity contribution in [2.75, 3.05) is 6.54 Å². The van der Waals surface area contributed by atoms with E-state index in [1.807, 2.05) is 34.6 Å². The molecule has 1 aliphatic rings. The van der Waals surface area contributed by atoms with Gasteiger partial charge in [-0.3, -0.25) is 4.79 Å². The summed E-state index contributed by atoms with van der Waals surface area (Å²) in [5.41, 5.74) is -0.147.